The molecule has 0 spiro atoms. The zero-order valence-electron chi connectivity index (χ0n) is 15.0. The number of methoxy groups -OCH3 is 2. The summed E-state index contributed by atoms with van der Waals surface area (Å²) in [5.74, 6) is 2.47. The second-order valence-corrected chi connectivity index (χ2v) is 5.88. The van der Waals surface area contributed by atoms with Gasteiger partial charge in [-0.1, -0.05) is 6.07 Å². The average molecular weight is 340 g/mol. The third-order valence-electron chi connectivity index (χ3n) is 4.32. The molecule has 3 rings (SSSR count). The van der Waals surface area contributed by atoms with E-state index >= 15 is 0 Å². The molecule has 0 saturated carbocycles. The SMILES string of the molecule is COc1ccc(/C(C)=N/N2CCN(c3ccccn3)CC2)cc1OC. The summed E-state index contributed by atoms with van der Waals surface area (Å²) < 4.78 is 10.7. The Morgan fingerprint density at radius 2 is 1.76 bits per heavy atom. The van der Waals surface area contributed by atoms with E-state index in [-0.39, 0.29) is 0 Å². The first-order chi connectivity index (χ1) is 12.2. The lowest BCUT2D eigenvalue weighted by Crippen LogP contribution is -2.44. The highest BCUT2D eigenvalue weighted by molar-refractivity contribution is 5.99. The highest BCUT2D eigenvalue weighted by Gasteiger charge is 2.17. The topological polar surface area (TPSA) is 50.2 Å². The first kappa shape index (κ1) is 17.1. The van der Waals surface area contributed by atoms with Gasteiger partial charge in [-0.05, 0) is 37.3 Å². The molecule has 1 aromatic carbocycles. The predicted octanol–water partition coefficient (Wildman–Crippen LogP) is 2.65. The Hall–Kier alpha value is -2.76. The van der Waals surface area contributed by atoms with E-state index in [9.17, 15) is 0 Å². The number of rotatable bonds is 5. The number of benzene rings is 1. The van der Waals surface area contributed by atoms with Crippen molar-refractivity contribution in [1.82, 2.24) is 9.99 Å². The van der Waals surface area contributed by atoms with Crippen molar-refractivity contribution in [1.29, 1.82) is 0 Å². The van der Waals surface area contributed by atoms with E-state index in [1.54, 1.807) is 14.2 Å². The molecule has 25 heavy (non-hydrogen) atoms. The van der Waals surface area contributed by atoms with Crippen molar-refractivity contribution in [3.8, 4) is 11.5 Å². The summed E-state index contributed by atoms with van der Waals surface area (Å²) in [5.41, 5.74) is 2.00. The van der Waals surface area contributed by atoms with Gasteiger partial charge in [-0.25, -0.2) is 4.98 Å². The Morgan fingerprint density at radius 3 is 2.40 bits per heavy atom. The monoisotopic (exact) mass is 340 g/mol. The average Bonchev–Trinajstić information content (AvgIpc) is 2.68. The molecule has 2 heterocycles. The molecule has 0 aliphatic carbocycles. The van der Waals surface area contributed by atoms with Crippen LogP contribution < -0.4 is 14.4 Å². The Labute approximate surface area is 148 Å². The third-order valence-corrected chi connectivity index (χ3v) is 4.32. The summed E-state index contributed by atoms with van der Waals surface area (Å²) in [6.07, 6.45) is 1.83. The molecule has 6 heteroatoms. The van der Waals surface area contributed by atoms with Crippen LogP contribution in [0.5, 0.6) is 11.5 Å². The standard InChI is InChI=1S/C19H24N4O2/c1-15(16-7-8-17(24-2)18(14-16)25-3)21-23-12-10-22(11-13-23)19-6-4-5-9-20-19/h4-9,14H,10-13H2,1-3H3/b21-15+. The van der Waals surface area contributed by atoms with Crippen molar-refractivity contribution in [3.63, 3.8) is 0 Å². The second kappa shape index (κ2) is 7.88. The summed E-state index contributed by atoms with van der Waals surface area (Å²) in [6, 6.07) is 11.9. The lowest BCUT2D eigenvalue weighted by atomic mass is 10.1. The minimum absolute atomic E-state index is 0.717. The van der Waals surface area contributed by atoms with Gasteiger partial charge in [0.15, 0.2) is 11.5 Å². The molecule has 132 valence electrons. The van der Waals surface area contributed by atoms with Gasteiger partial charge in [-0.2, -0.15) is 5.10 Å². The Morgan fingerprint density at radius 1 is 1.00 bits per heavy atom. The molecule has 1 aliphatic rings. The van der Waals surface area contributed by atoms with Crippen LogP contribution >= 0.6 is 0 Å². The molecule has 0 unspecified atom stereocenters. The number of nitrogens with zero attached hydrogens (tertiary/aromatic N) is 4. The van der Waals surface area contributed by atoms with Gasteiger partial charge in [0.05, 0.1) is 33.0 Å². The molecular weight excluding hydrogens is 316 g/mol. The molecule has 0 radical (unpaired) electrons. The maximum Gasteiger partial charge on any atom is 0.161 e. The van der Waals surface area contributed by atoms with Crippen LogP contribution in [0.15, 0.2) is 47.7 Å². The van der Waals surface area contributed by atoms with E-state index in [1.165, 1.54) is 0 Å². The van der Waals surface area contributed by atoms with E-state index in [0.717, 1.165) is 54.8 Å². The van der Waals surface area contributed by atoms with E-state index < -0.39 is 0 Å². The normalized spacial score (nSPS) is 15.2. The van der Waals surface area contributed by atoms with Crippen LogP contribution in [0.2, 0.25) is 0 Å². The highest BCUT2D eigenvalue weighted by Crippen LogP contribution is 2.27. The van der Waals surface area contributed by atoms with Crippen LogP contribution in [0.1, 0.15) is 12.5 Å². The molecule has 0 N–H and O–H groups in total. The van der Waals surface area contributed by atoms with Gasteiger partial charge in [-0.15, -0.1) is 0 Å². The summed E-state index contributed by atoms with van der Waals surface area (Å²) in [6.45, 7) is 5.61. The summed E-state index contributed by atoms with van der Waals surface area (Å²) in [5, 5.41) is 6.89. The Balaban J connectivity index is 1.66. The molecule has 0 atom stereocenters. The Kier molecular flexibility index (Phi) is 5.38. The Bertz CT molecular complexity index is 725. The van der Waals surface area contributed by atoms with E-state index in [2.05, 4.69) is 14.9 Å². The van der Waals surface area contributed by atoms with Crippen LogP contribution in [-0.4, -0.2) is 56.1 Å². The largest absolute Gasteiger partial charge is 0.493 e. The van der Waals surface area contributed by atoms with Crippen molar-refractivity contribution < 1.29 is 9.47 Å². The van der Waals surface area contributed by atoms with E-state index in [1.807, 2.05) is 49.5 Å². The van der Waals surface area contributed by atoms with Gasteiger partial charge in [0.25, 0.3) is 0 Å². The van der Waals surface area contributed by atoms with Crippen LogP contribution in [0.3, 0.4) is 0 Å². The van der Waals surface area contributed by atoms with Crippen molar-refractivity contribution in [2.45, 2.75) is 6.92 Å². The molecule has 1 saturated heterocycles. The van der Waals surface area contributed by atoms with Crippen LogP contribution in [0.25, 0.3) is 0 Å². The number of hydrazone groups is 1. The van der Waals surface area contributed by atoms with Crippen molar-refractivity contribution in [3.05, 3.63) is 48.2 Å². The molecular formula is C19H24N4O2. The molecule has 1 aromatic heterocycles. The first-order valence-electron chi connectivity index (χ1n) is 8.40. The second-order valence-electron chi connectivity index (χ2n) is 5.88. The molecule has 2 aromatic rings. The minimum Gasteiger partial charge on any atom is -0.493 e. The zero-order valence-corrected chi connectivity index (χ0v) is 15.0. The van der Waals surface area contributed by atoms with Gasteiger partial charge in [0, 0.05) is 24.8 Å². The van der Waals surface area contributed by atoms with Gasteiger partial charge < -0.3 is 14.4 Å². The number of piperazine rings is 1. The van der Waals surface area contributed by atoms with Crippen molar-refractivity contribution in [2.75, 3.05) is 45.3 Å². The molecule has 0 amide bonds. The zero-order chi connectivity index (χ0) is 17.6. The van der Waals surface area contributed by atoms with Gasteiger partial charge in [-0.3, -0.25) is 5.01 Å². The maximum atomic E-state index is 5.37. The van der Waals surface area contributed by atoms with E-state index in [0.29, 0.717) is 0 Å². The third kappa shape index (κ3) is 4.02. The smallest absolute Gasteiger partial charge is 0.161 e. The number of hydrogen-bond acceptors (Lipinski definition) is 6. The molecule has 0 bridgehead atoms. The fraction of sp³-hybridized carbons (Fsp3) is 0.368. The molecule has 1 fully saturated rings. The fourth-order valence-electron chi connectivity index (χ4n) is 2.90. The fourth-order valence-corrected chi connectivity index (χ4v) is 2.90. The molecule has 1 aliphatic heterocycles. The van der Waals surface area contributed by atoms with Gasteiger partial charge >= 0.3 is 0 Å². The number of hydrogen-bond donors (Lipinski definition) is 0. The number of aromatic nitrogens is 1. The lowest BCUT2D eigenvalue weighted by Gasteiger charge is -2.34. The molecule has 6 nitrogen and oxygen atoms in total. The number of pyridine rings is 1. The van der Waals surface area contributed by atoms with Gasteiger partial charge in [0.1, 0.15) is 5.82 Å². The van der Waals surface area contributed by atoms with Crippen LogP contribution in [0, 0.1) is 0 Å². The van der Waals surface area contributed by atoms with Gasteiger partial charge in [0.2, 0.25) is 0 Å². The van der Waals surface area contributed by atoms with Crippen molar-refractivity contribution >= 4 is 11.5 Å². The minimum atomic E-state index is 0.717. The predicted molar refractivity (Wildman–Crippen MR) is 99.8 cm³/mol. The van der Waals surface area contributed by atoms with E-state index in [4.69, 9.17) is 14.6 Å². The van der Waals surface area contributed by atoms with Crippen LogP contribution in [0.4, 0.5) is 5.82 Å². The summed E-state index contributed by atoms with van der Waals surface area (Å²) in [7, 11) is 3.28. The quantitative estimate of drug-likeness (QED) is 0.783. The summed E-state index contributed by atoms with van der Waals surface area (Å²) in [4.78, 5) is 6.71. The van der Waals surface area contributed by atoms with Crippen LogP contribution in [-0.2, 0) is 0 Å². The highest BCUT2D eigenvalue weighted by atomic mass is 16.5. The lowest BCUT2D eigenvalue weighted by molar-refractivity contribution is 0.270. The maximum absolute atomic E-state index is 5.37. The summed E-state index contributed by atoms with van der Waals surface area (Å²) >= 11 is 0. The number of anilines is 1. The first-order valence-corrected chi connectivity index (χ1v) is 8.40. The van der Waals surface area contributed by atoms with Crippen molar-refractivity contribution in [2.24, 2.45) is 5.10 Å². The number of ether oxygens (including phenoxy) is 2.